The van der Waals surface area contributed by atoms with Gasteiger partial charge in [0.15, 0.2) is 9.84 Å². The summed E-state index contributed by atoms with van der Waals surface area (Å²) in [5.74, 6) is -0.260. The number of hydrogen-bond acceptors (Lipinski definition) is 4. The van der Waals surface area contributed by atoms with E-state index in [0.717, 1.165) is 0 Å². The zero-order chi connectivity index (χ0) is 12.1. The molecule has 1 amide bonds. The Morgan fingerprint density at radius 1 is 1.40 bits per heavy atom. The lowest BCUT2D eigenvalue weighted by Gasteiger charge is -2.13. The van der Waals surface area contributed by atoms with Crippen molar-refractivity contribution in [2.75, 3.05) is 26.4 Å². The molecule has 0 fully saturated rings. The molecule has 0 aromatic rings. The summed E-state index contributed by atoms with van der Waals surface area (Å²) >= 11 is 0. The first kappa shape index (κ1) is 14.4. The fraction of sp³-hybridized carbons (Fsp3) is 0.889. The van der Waals surface area contributed by atoms with E-state index in [9.17, 15) is 13.2 Å². The highest BCUT2D eigenvalue weighted by molar-refractivity contribution is 7.92. The standard InChI is InChI=1S/C9H20N2O3S/c1-8(4-6-10)15(13,14)7-5-9(12)11(2)3/h8H,4-7,10H2,1-3H3. The van der Waals surface area contributed by atoms with Gasteiger partial charge in [-0.1, -0.05) is 0 Å². The molecule has 0 aromatic heterocycles. The number of nitrogens with two attached hydrogens (primary N) is 1. The number of sulfone groups is 1. The lowest BCUT2D eigenvalue weighted by atomic mass is 10.3. The van der Waals surface area contributed by atoms with Gasteiger partial charge in [-0.15, -0.1) is 0 Å². The summed E-state index contributed by atoms with van der Waals surface area (Å²) in [6, 6.07) is 0. The molecular formula is C9H20N2O3S. The van der Waals surface area contributed by atoms with Crippen LogP contribution in [0.15, 0.2) is 0 Å². The van der Waals surface area contributed by atoms with Crippen LogP contribution in [0.2, 0.25) is 0 Å². The van der Waals surface area contributed by atoms with Crippen LogP contribution in [0.3, 0.4) is 0 Å². The molecule has 0 aliphatic carbocycles. The highest BCUT2D eigenvalue weighted by atomic mass is 32.2. The minimum Gasteiger partial charge on any atom is -0.349 e. The Hall–Kier alpha value is -0.620. The Kier molecular flexibility index (Phi) is 5.82. The topological polar surface area (TPSA) is 80.5 Å². The summed E-state index contributed by atoms with van der Waals surface area (Å²) in [6.07, 6.45) is 0.489. The van der Waals surface area contributed by atoms with Crippen LogP contribution >= 0.6 is 0 Å². The number of hydrogen-bond donors (Lipinski definition) is 1. The molecule has 1 unspecified atom stereocenters. The maximum atomic E-state index is 11.6. The third kappa shape index (κ3) is 5.13. The van der Waals surface area contributed by atoms with E-state index in [1.165, 1.54) is 4.90 Å². The van der Waals surface area contributed by atoms with Crippen LogP contribution in [0, 0.1) is 0 Å². The van der Waals surface area contributed by atoms with Gasteiger partial charge in [-0.3, -0.25) is 4.79 Å². The van der Waals surface area contributed by atoms with Gasteiger partial charge in [0.2, 0.25) is 5.91 Å². The zero-order valence-corrected chi connectivity index (χ0v) is 10.4. The molecule has 5 nitrogen and oxygen atoms in total. The molecule has 0 heterocycles. The zero-order valence-electron chi connectivity index (χ0n) is 9.56. The number of carbonyl (C=O) groups is 1. The van der Waals surface area contributed by atoms with Crippen molar-refractivity contribution in [2.24, 2.45) is 5.73 Å². The maximum Gasteiger partial charge on any atom is 0.223 e. The molecule has 0 radical (unpaired) electrons. The van der Waals surface area contributed by atoms with Crippen LogP contribution in [-0.2, 0) is 14.6 Å². The highest BCUT2D eigenvalue weighted by Gasteiger charge is 2.21. The van der Waals surface area contributed by atoms with E-state index in [1.807, 2.05) is 0 Å². The van der Waals surface area contributed by atoms with E-state index in [0.29, 0.717) is 13.0 Å². The van der Waals surface area contributed by atoms with Crippen LogP contribution in [-0.4, -0.2) is 50.9 Å². The Balaban J connectivity index is 4.22. The van der Waals surface area contributed by atoms with E-state index >= 15 is 0 Å². The summed E-state index contributed by atoms with van der Waals surface area (Å²) in [4.78, 5) is 12.6. The van der Waals surface area contributed by atoms with Gasteiger partial charge < -0.3 is 10.6 Å². The molecular weight excluding hydrogens is 216 g/mol. The summed E-state index contributed by atoms with van der Waals surface area (Å²) in [5.41, 5.74) is 5.29. The fourth-order valence-electron chi connectivity index (χ4n) is 1.07. The van der Waals surface area contributed by atoms with Gasteiger partial charge in [0.1, 0.15) is 0 Å². The SMILES string of the molecule is CC(CCN)S(=O)(=O)CCC(=O)N(C)C. The van der Waals surface area contributed by atoms with E-state index in [2.05, 4.69) is 0 Å². The quantitative estimate of drug-likeness (QED) is 0.681. The van der Waals surface area contributed by atoms with Crippen molar-refractivity contribution >= 4 is 15.7 Å². The molecule has 0 spiro atoms. The molecule has 0 saturated carbocycles. The van der Waals surface area contributed by atoms with Crippen LogP contribution < -0.4 is 5.73 Å². The fourth-order valence-corrected chi connectivity index (χ4v) is 2.43. The van der Waals surface area contributed by atoms with Gasteiger partial charge in [0.25, 0.3) is 0 Å². The van der Waals surface area contributed by atoms with Crippen LogP contribution in [0.25, 0.3) is 0 Å². The van der Waals surface area contributed by atoms with Crippen molar-refractivity contribution in [3.05, 3.63) is 0 Å². The first-order valence-electron chi connectivity index (χ1n) is 4.93. The maximum absolute atomic E-state index is 11.6. The van der Waals surface area contributed by atoms with Crippen molar-refractivity contribution in [2.45, 2.75) is 25.0 Å². The molecule has 2 N–H and O–H groups in total. The average Bonchev–Trinajstić information content (AvgIpc) is 2.14. The van der Waals surface area contributed by atoms with Gasteiger partial charge >= 0.3 is 0 Å². The Morgan fingerprint density at radius 3 is 2.33 bits per heavy atom. The molecule has 0 rings (SSSR count). The second-order valence-corrected chi connectivity index (χ2v) is 6.33. The molecule has 15 heavy (non-hydrogen) atoms. The Labute approximate surface area is 91.5 Å². The average molecular weight is 236 g/mol. The largest absolute Gasteiger partial charge is 0.349 e. The molecule has 0 aliphatic heterocycles. The molecule has 0 aliphatic rings. The van der Waals surface area contributed by atoms with E-state index in [1.54, 1.807) is 21.0 Å². The summed E-state index contributed by atoms with van der Waals surface area (Å²) in [5, 5.41) is -0.461. The van der Waals surface area contributed by atoms with Crippen LogP contribution in [0.4, 0.5) is 0 Å². The van der Waals surface area contributed by atoms with Crippen molar-refractivity contribution in [1.82, 2.24) is 4.90 Å². The third-order valence-corrected chi connectivity index (χ3v) is 4.52. The summed E-state index contributed by atoms with van der Waals surface area (Å²) in [7, 11) is 0.0403. The van der Waals surface area contributed by atoms with Gasteiger partial charge in [0, 0.05) is 20.5 Å². The minimum absolute atomic E-state index is 0.0459. The third-order valence-electron chi connectivity index (χ3n) is 2.29. The predicted octanol–water partition coefficient (Wildman–Crippen LogP) is -0.383. The Bertz CT molecular complexity index is 298. The number of rotatable bonds is 6. The van der Waals surface area contributed by atoms with Crippen molar-refractivity contribution in [1.29, 1.82) is 0 Å². The predicted molar refractivity (Wildman–Crippen MR) is 60.2 cm³/mol. The second-order valence-electron chi connectivity index (χ2n) is 3.79. The van der Waals surface area contributed by atoms with Crippen molar-refractivity contribution in [3.8, 4) is 0 Å². The number of nitrogens with zero attached hydrogens (tertiary/aromatic N) is 1. The lowest BCUT2D eigenvalue weighted by molar-refractivity contribution is -0.128. The van der Waals surface area contributed by atoms with Crippen molar-refractivity contribution in [3.63, 3.8) is 0 Å². The normalized spacial score (nSPS) is 13.6. The van der Waals surface area contributed by atoms with Gasteiger partial charge in [-0.25, -0.2) is 8.42 Å². The van der Waals surface area contributed by atoms with E-state index in [4.69, 9.17) is 5.73 Å². The van der Waals surface area contributed by atoms with Crippen molar-refractivity contribution < 1.29 is 13.2 Å². The molecule has 90 valence electrons. The van der Waals surface area contributed by atoms with Gasteiger partial charge in [-0.05, 0) is 19.9 Å². The molecule has 6 heteroatoms. The smallest absolute Gasteiger partial charge is 0.223 e. The van der Waals surface area contributed by atoms with E-state index < -0.39 is 15.1 Å². The van der Waals surface area contributed by atoms with E-state index in [-0.39, 0.29) is 18.1 Å². The van der Waals surface area contributed by atoms with Crippen LogP contribution in [0.1, 0.15) is 19.8 Å². The molecule has 0 bridgehead atoms. The van der Waals surface area contributed by atoms with Crippen LogP contribution in [0.5, 0.6) is 0 Å². The minimum atomic E-state index is -3.18. The first-order chi connectivity index (χ1) is 6.81. The number of amides is 1. The first-order valence-corrected chi connectivity index (χ1v) is 6.64. The summed E-state index contributed by atoms with van der Waals surface area (Å²) < 4.78 is 23.2. The van der Waals surface area contributed by atoms with Gasteiger partial charge in [-0.2, -0.15) is 0 Å². The highest BCUT2D eigenvalue weighted by Crippen LogP contribution is 2.07. The molecule has 1 atom stereocenters. The molecule has 0 aromatic carbocycles. The molecule has 0 saturated heterocycles. The lowest BCUT2D eigenvalue weighted by Crippen LogP contribution is -2.28. The van der Waals surface area contributed by atoms with Gasteiger partial charge in [0.05, 0.1) is 11.0 Å². The monoisotopic (exact) mass is 236 g/mol. The second kappa shape index (κ2) is 6.07. The summed E-state index contributed by atoms with van der Waals surface area (Å²) in [6.45, 7) is 1.98. The number of carbonyl (C=O) groups excluding carboxylic acids is 1. The Morgan fingerprint density at radius 2 is 1.93 bits per heavy atom.